The number of ether oxygens (including phenoxy) is 1. The first-order valence-electron chi connectivity index (χ1n) is 7.94. The zero-order valence-corrected chi connectivity index (χ0v) is 16.6. The van der Waals surface area contributed by atoms with Gasteiger partial charge in [0.25, 0.3) is 0 Å². The van der Waals surface area contributed by atoms with Gasteiger partial charge in [-0.2, -0.15) is 0 Å². The van der Waals surface area contributed by atoms with E-state index in [1.54, 1.807) is 6.07 Å². The Morgan fingerprint density at radius 1 is 1.19 bits per heavy atom. The van der Waals surface area contributed by atoms with Gasteiger partial charge in [-0.3, -0.25) is 0 Å². The molecular formula is C18H16Cl2FNO4S. The van der Waals surface area contributed by atoms with E-state index in [4.69, 9.17) is 20.8 Å². The van der Waals surface area contributed by atoms with Gasteiger partial charge >= 0.3 is 0 Å². The van der Waals surface area contributed by atoms with E-state index in [1.807, 2.05) is 0 Å². The van der Waals surface area contributed by atoms with Gasteiger partial charge in [-0.1, -0.05) is 11.6 Å². The van der Waals surface area contributed by atoms with E-state index in [2.05, 4.69) is 5.32 Å². The maximum absolute atomic E-state index is 13.7. The molecule has 0 aliphatic carbocycles. The minimum atomic E-state index is -3.98. The molecule has 0 saturated carbocycles. The first kappa shape index (κ1) is 19.9. The van der Waals surface area contributed by atoms with Crippen molar-refractivity contribution in [3.8, 4) is 5.75 Å². The lowest BCUT2D eigenvalue weighted by Crippen LogP contribution is -2.22. The van der Waals surface area contributed by atoms with Crippen molar-refractivity contribution in [3.63, 3.8) is 0 Å². The summed E-state index contributed by atoms with van der Waals surface area (Å²) in [7, 11) is -2.53. The zero-order chi connectivity index (χ0) is 18.5. The Balaban J connectivity index is 0.00000210. The number of halogens is 3. The summed E-state index contributed by atoms with van der Waals surface area (Å²) in [6.45, 7) is 1.38. The van der Waals surface area contributed by atoms with E-state index >= 15 is 0 Å². The molecule has 0 atom stereocenters. The van der Waals surface area contributed by atoms with Crippen LogP contribution < -0.4 is 10.1 Å². The van der Waals surface area contributed by atoms with Gasteiger partial charge < -0.3 is 14.5 Å². The molecule has 2 aromatic carbocycles. The van der Waals surface area contributed by atoms with Crippen LogP contribution in [0.3, 0.4) is 0 Å². The Hall–Kier alpha value is -1.80. The summed E-state index contributed by atoms with van der Waals surface area (Å²) in [5.74, 6) is 0.424. The zero-order valence-electron chi connectivity index (χ0n) is 14.2. The van der Waals surface area contributed by atoms with Gasteiger partial charge in [0.2, 0.25) is 9.84 Å². The lowest BCUT2D eigenvalue weighted by Gasteiger charge is -2.11. The van der Waals surface area contributed by atoms with Crippen molar-refractivity contribution in [1.82, 2.24) is 5.32 Å². The summed E-state index contributed by atoms with van der Waals surface area (Å²) < 4.78 is 50.9. The lowest BCUT2D eigenvalue weighted by molar-refractivity contribution is 0.404. The van der Waals surface area contributed by atoms with Crippen LogP contribution in [0.5, 0.6) is 5.75 Å². The molecule has 144 valence electrons. The largest absolute Gasteiger partial charge is 0.493 e. The molecule has 0 spiro atoms. The average Bonchev–Trinajstić information content (AvgIpc) is 2.98. The lowest BCUT2D eigenvalue weighted by atomic mass is 10.1. The van der Waals surface area contributed by atoms with E-state index in [-0.39, 0.29) is 27.2 Å². The average molecular weight is 432 g/mol. The fourth-order valence-electron chi connectivity index (χ4n) is 3.18. The molecule has 3 aromatic rings. The van der Waals surface area contributed by atoms with Crippen molar-refractivity contribution in [2.24, 2.45) is 0 Å². The van der Waals surface area contributed by atoms with Crippen LogP contribution in [0.4, 0.5) is 4.39 Å². The minimum Gasteiger partial charge on any atom is -0.493 e. The van der Waals surface area contributed by atoms with Crippen LogP contribution in [-0.2, 0) is 22.8 Å². The summed E-state index contributed by atoms with van der Waals surface area (Å²) in [6, 6.07) is 6.16. The normalized spacial score (nSPS) is 13.9. The molecule has 0 amide bonds. The fourth-order valence-corrected chi connectivity index (χ4v) is 4.82. The molecule has 2 heterocycles. The quantitative estimate of drug-likeness (QED) is 0.674. The first-order valence-corrected chi connectivity index (χ1v) is 9.80. The van der Waals surface area contributed by atoms with Crippen LogP contribution in [0.2, 0.25) is 5.02 Å². The van der Waals surface area contributed by atoms with Gasteiger partial charge in [-0.15, -0.1) is 12.4 Å². The Labute approximate surface area is 166 Å². The Bertz CT molecular complexity index is 1110. The molecule has 0 radical (unpaired) electrons. The van der Waals surface area contributed by atoms with Gasteiger partial charge in [0, 0.05) is 41.5 Å². The third-order valence-corrected chi connectivity index (χ3v) is 6.35. The third kappa shape index (κ3) is 3.40. The maximum atomic E-state index is 13.7. The number of furan rings is 1. The van der Waals surface area contributed by atoms with Gasteiger partial charge in [0.1, 0.15) is 11.6 Å². The number of fused-ring (bicyclic) bond motifs is 3. The second kappa shape index (κ2) is 7.31. The van der Waals surface area contributed by atoms with E-state index < -0.39 is 15.7 Å². The van der Waals surface area contributed by atoms with Crippen LogP contribution >= 0.6 is 24.0 Å². The summed E-state index contributed by atoms with van der Waals surface area (Å²) in [5, 5.41) is 3.93. The summed E-state index contributed by atoms with van der Waals surface area (Å²) in [4.78, 5) is -0.211. The molecule has 1 aromatic heterocycles. The van der Waals surface area contributed by atoms with Crippen molar-refractivity contribution in [2.75, 3.05) is 13.7 Å². The summed E-state index contributed by atoms with van der Waals surface area (Å²) >= 11 is 5.82. The standard InChI is InChI=1S/C18H15ClFNO4S.ClH/c1-24-17-8-13(26(22,23)12-5-10(19)4-11(20)6-12)7-14-15-9-21-3-2-16(15)25-18(14)17;/h4-8,21H,2-3,9H2,1H3;1H. The predicted octanol–water partition coefficient (Wildman–Crippen LogP) is 4.13. The minimum absolute atomic E-state index is 0. The van der Waals surface area contributed by atoms with Crippen LogP contribution in [0.25, 0.3) is 11.0 Å². The van der Waals surface area contributed by atoms with Gasteiger partial charge in [-0.25, -0.2) is 12.8 Å². The molecule has 9 heteroatoms. The van der Waals surface area contributed by atoms with E-state index in [1.165, 1.54) is 19.2 Å². The second-order valence-corrected chi connectivity index (χ2v) is 8.43. The second-order valence-electron chi connectivity index (χ2n) is 6.04. The third-order valence-electron chi connectivity index (χ3n) is 4.42. The van der Waals surface area contributed by atoms with Gasteiger partial charge in [0.15, 0.2) is 11.3 Å². The van der Waals surface area contributed by atoms with Crippen molar-refractivity contribution < 1.29 is 22.0 Å². The molecule has 1 N–H and O–H groups in total. The first-order chi connectivity index (χ1) is 12.4. The smallest absolute Gasteiger partial charge is 0.206 e. The van der Waals surface area contributed by atoms with Crippen molar-refractivity contribution in [2.45, 2.75) is 22.8 Å². The number of rotatable bonds is 3. The van der Waals surface area contributed by atoms with Gasteiger partial charge in [-0.05, 0) is 24.3 Å². The van der Waals surface area contributed by atoms with Crippen LogP contribution in [0.1, 0.15) is 11.3 Å². The van der Waals surface area contributed by atoms with Crippen molar-refractivity contribution in [1.29, 1.82) is 0 Å². The number of nitrogens with one attached hydrogen (secondary N) is 1. The number of benzene rings is 2. The monoisotopic (exact) mass is 431 g/mol. The molecule has 4 rings (SSSR count). The van der Waals surface area contributed by atoms with E-state index in [0.29, 0.717) is 23.3 Å². The van der Waals surface area contributed by atoms with E-state index in [0.717, 1.165) is 36.4 Å². The molecule has 0 saturated heterocycles. The number of hydrogen-bond acceptors (Lipinski definition) is 5. The highest BCUT2D eigenvalue weighted by atomic mass is 35.5. The highest BCUT2D eigenvalue weighted by Gasteiger charge is 2.26. The van der Waals surface area contributed by atoms with Crippen LogP contribution in [0.15, 0.2) is 44.5 Å². The summed E-state index contributed by atoms with van der Waals surface area (Å²) in [5.41, 5.74) is 1.43. The summed E-state index contributed by atoms with van der Waals surface area (Å²) in [6.07, 6.45) is 0.717. The highest BCUT2D eigenvalue weighted by molar-refractivity contribution is 7.91. The Morgan fingerprint density at radius 3 is 2.63 bits per heavy atom. The van der Waals surface area contributed by atoms with Crippen molar-refractivity contribution >= 4 is 44.8 Å². The highest BCUT2D eigenvalue weighted by Crippen LogP contribution is 2.38. The topological polar surface area (TPSA) is 68.5 Å². The SMILES string of the molecule is COc1cc(S(=O)(=O)c2cc(F)cc(Cl)c2)cc2c3c(oc12)CCNC3.Cl. The predicted molar refractivity (Wildman–Crippen MR) is 102 cm³/mol. The number of sulfone groups is 1. The molecule has 0 fully saturated rings. The fraction of sp³-hybridized carbons (Fsp3) is 0.222. The number of methoxy groups -OCH3 is 1. The van der Waals surface area contributed by atoms with Crippen LogP contribution in [0, 0.1) is 5.82 Å². The molecule has 27 heavy (non-hydrogen) atoms. The Morgan fingerprint density at radius 2 is 1.93 bits per heavy atom. The molecule has 1 aliphatic rings. The number of hydrogen-bond donors (Lipinski definition) is 1. The van der Waals surface area contributed by atoms with Crippen molar-refractivity contribution in [3.05, 3.63) is 52.5 Å². The Kier molecular flexibility index (Phi) is 5.40. The van der Waals surface area contributed by atoms with Gasteiger partial charge in [0.05, 0.1) is 16.9 Å². The van der Waals surface area contributed by atoms with E-state index in [9.17, 15) is 12.8 Å². The molecule has 1 aliphatic heterocycles. The maximum Gasteiger partial charge on any atom is 0.206 e. The van der Waals surface area contributed by atoms with Crippen LogP contribution in [-0.4, -0.2) is 22.1 Å². The molecular weight excluding hydrogens is 416 g/mol. The molecule has 0 unspecified atom stereocenters. The molecule has 0 bridgehead atoms. The molecule has 5 nitrogen and oxygen atoms in total.